The highest BCUT2D eigenvalue weighted by atomic mass is 16.6. The van der Waals surface area contributed by atoms with Gasteiger partial charge < -0.3 is 4.74 Å². The summed E-state index contributed by atoms with van der Waals surface area (Å²) in [6, 6.07) is 7.49. The first kappa shape index (κ1) is 12.9. The third-order valence-electron chi connectivity index (χ3n) is 2.11. The third kappa shape index (κ3) is 4.46. The molecule has 0 radical (unpaired) electrons. The molecule has 0 spiro atoms. The molecular weight excluding hydrogens is 222 g/mol. The molecule has 0 saturated heterocycles. The number of ether oxygens (including phenoxy) is 1. The molecule has 0 aliphatic heterocycles. The SMILES string of the molecule is C=CCC(CC(=O)Oc1ccccc1)[N+](=O)[O-]. The fourth-order valence-electron chi connectivity index (χ4n) is 1.29. The van der Waals surface area contributed by atoms with Crippen LogP contribution in [0.25, 0.3) is 0 Å². The van der Waals surface area contributed by atoms with E-state index < -0.39 is 16.9 Å². The summed E-state index contributed by atoms with van der Waals surface area (Å²) < 4.78 is 4.96. The number of para-hydroxylation sites is 1. The zero-order chi connectivity index (χ0) is 12.7. The van der Waals surface area contributed by atoms with Crippen molar-refractivity contribution in [2.24, 2.45) is 0 Å². The predicted molar refractivity (Wildman–Crippen MR) is 62.3 cm³/mol. The van der Waals surface area contributed by atoms with Crippen LogP contribution in [0.2, 0.25) is 0 Å². The van der Waals surface area contributed by atoms with Gasteiger partial charge in [-0.05, 0) is 12.1 Å². The highest BCUT2D eigenvalue weighted by Gasteiger charge is 2.23. The summed E-state index contributed by atoms with van der Waals surface area (Å²) in [6.07, 6.45) is 1.31. The fourth-order valence-corrected chi connectivity index (χ4v) is 1.29. The van der Waals surface area contributed by atoms with Gasteiger partial charge in [0, 0.05) is 11.3 Å². The van der Waals surface area contributed by atoms with E-state index in [9.17, 15) is 14.9 Å². The van der Waals surface area contributed by atoms with E-state index in [2.05, 4.69) is 6.58 Å². The number of carbonyl (C=O) groups is 1. The minimum atomic E-state index is -0.969. The lowest BCUT2D eigenvalue weighted by Crippen LogP contribution is -2.24. The summed E-state index contributed by atoms with van der Waals surface area (Å²) in [5, 5.41) is 10.6. The number of carbonyl (C=O) groups excluding carboxylic acids is 1. The summed E-state index contributed by atoms with van der Waals surface area (Å²) in [5.74, 6) is -0.224. The molecule has 0 bridgehead atoms. The van der Waals surface area contributed by atoms with Crippen LogP contribution in [0.5, 0.6) is 5.75 Å². The molecule has 0 aliphatic rings. The maximum atomic E-state index is 11.4. The number of esters is 1. The van der Waals surface area contributed by atoms with Crippen molar-refractivity contribution < 1.29 is 14.5 Å². The van der Waals surface area contributed by atoms with E-state index in [-0.39, 0.29) is 12.8 Å². The van der Waals surface area contributed by atoms with E-state index in [1.54, 1.807) is 30.3 Å². The van der Waals surface area contributed by atoms with Crippen LogP contribution in [0.1, 0.15) is 12.8 Å². The van der Waals surface area contributed by atoms with E-state index in [4.69, 9.17) is 4.74 Å². The number of rotatable bonds is 6. The van der Waals surface area contributed by atoms with Gasteiger partial charge in [0.2, 0.25) is 6.04 Å². The topological polar surface area (TPSA) is 69.4 Å². The van der Waals surface area contributed by atoms with Crippen LogP contribution in [-0.2, 0) is 4.79 Å². The zero-order valence-corrected chi connectivity index (χ0v) is 9.24. The van der Waals surface area contributed by atoms with E-state index >= 15 is 0 Å². The molecule has 5 nitrogen and oxygen atoms in total. The van der Waals surface area contributed by atoms with Gasteiger partial charge in [0.05, 0.1) is 0 Å². The summed E-state index contributed by atoms with van der Waals surface area (Å²) in [5.41, 5.74) is 0. The van der Waals surface area contributed by atoms with Gasteiger partial charge in [0.25, 0.3) is 0 Å². The molecule has 0 fully saturated rings. The Morgan fingerprint density at radius 3 is 2.65 bits per heavy atom. The number of nitro groups is 1. The van der Waals surface area contributed by atoms with Crippen molar-refractivity contribution in [1.82, 2.24) is 0 Å². The quantitative estimate of drug-likeness (QED) is 0.249. The molecule has 0 amide bonds. The lowest BCUT2D eigenvalue weighted by molar-refractivity contribution is -0.520. The Morgan fingerprint density at radius 2 is 2.12 bits per heavy atom. The molecule has 0 saturated carbocycles. The van der Waals surface area contributed by atoms with Gasteiger partial charge in [-0.25, -0.2) is 0 Å². The Kier molecular flexibility index (Phi) is 4.87. The second-order valence-electron chi connectivity index (χ2n) is 3.45. The van der Waals surface area contributed by atoms with Crippen molar-refractivity contribution in [3.8, 4) is 5.75 Å². The number of nitrogens with zero attached hydrogens (tertiary/aromatic N) is 1. The first-order chi connectivity index (χ1) is 8.13. The summed E-state index contributed by atoms with van der Waals surface area (Å²) in [6.45, 7) is 3.42. The second kappa shape index (κ2) is 6.42. The summed E-state index contributed by atoms with van der Waals surface area (Å²) in [7, 11) is 0. The molecule has 1 aromatic carbocycles. The van der Waals surface area contributed by atoms with E-state index in [1.807, 2.05) is 0 Å². The molecule has 0 heterocycles. The van der Waals surface area contributed by atoms with Gasteiger partial charge in [-0.3, -0.25) is 14.9 Å². The molecule has 0 aliphatic carbocycles. The van der Waals surface area contributed by atoms with Crippen LogP contribution in [-0.4, -0.2) is 16.9 Å². The molecule has 17 heavy (non-hydrogen) atoms. The van der Waals surface area contributed by atoms with Crippen molar-refractivity contribution in [2.45, 2.75) is 18.9 Å². The zero-order valence-electron chi connectivity index (χ0n) is 9.24. The van der Waals surface area contributed by atoms with Crippen molar-refractivity contribution in [3.63, 3.8) is 0 Å². The normalized spacial score (nSPS) is 11.5. The second-order valence-corrected chi connectivity index (χ2v) is 3.45. The number of benzene rings is 1. The molecule has 1 atom stereocenters. The van der Waals surface area contributed by atoms with Crippen molar-refractivity contribution in [3.05, 3.63) is 53.1 Å². The minimum absolute atomic E-state index is 0.150. The fraction of sp³-hybridized carbons (Fsp3) is 0.250. The van der Waals surface area contributed by atoms with Gasteiger partial charge in [-0.15, -0.1) is 6.58 Å². The lowest BCUT2D eigenvalue weighted by Gasteiger charge is -2.07. The highest BCUT2D eigenvalue weighted by Crippen LogP contribution is 2.11. The summed E-state index contributed by atoms with van der Waals surface area (Å²) >= 11 is 0. The molecule has 90 valence electrons. The van der Waals surface area contributed by atoms with Crippen molar-refractivity contribution in [2.75, 3.05) is 0 Å². The van der Waals surface area contributed by atoms with Gasteiger partial charge in [-0.2, -0.15) is 0 Å². The Bertz CT molecular complexity index is 402. The molecule has 1 aromatic rings. The van der Waals surface area contributed by atoms with Gasteiger partial charge >= 0.3 is 5.97 Å². The number of hydrogen-bond donors (Lipinski definition) is 0. The Balaban J connectivity index is 2.53. The average molecular weight is 235 g/mol. The Hall–Kier alpha value is -2.17. The Morgan fingerprint density at radius 1 is 1.47 bits per heavy atom. The lowest BCUT2D eigenvalue weighted by atomic mass is 10.1. The van der Waals surface area contributed by atoms with Crippen molar-refractivity contribution in [1.29, 1.82) is 0 Å². The van der Waals surface area contributed by atoms with E-state index in [0.29, 0.717) is 5.75 Å². The largest absolute Gasteiger partial charge is 0.426 e. The molecule has 5 heteroatoms. The first-order valence-corrected chi connectivity index (χ1v) is 5.13. The van der Waals surface area contributed by atoms with Gasteiger partial charge in [0.15, 0.2) is 0 Å². The maximum Gasteiger partial charge on any atom is 0.318 e. The Labute approximate surface area is 98.9 Å². The first-order valence-electron chi connectivity index (χ1n) is 5.13. The monoisotopic (exact) mass is 235 g/mol. The molecule has 1 rings (SSSR count). The van der Waals surface area contributed by atoms with Crippen LogP contribution in [0.4, 0.5) is 0 Å². The van der Waals surface area contributed by atoms with Gasteiger partial charge in [-0.1, -0.05) is 24.3 Å². The smallest absolute Gasteiger partial charge is 0.318 e. The third-order valence-corrected chi connectivity index (χ3v) is 2.11. The molecule has 1 unspecified atom stereocenters. The molecule has 0 N–H and O–H groups in total. The number of hydrogen-bond acceptors (Lipinski definition) is 4. The van der Waals surface area contributed by atoms with Crippen LogP contribution < -0.4 is 4.74 Å². The molecular formula is C12H13NO4. The predicted octanol–water partition coefficient (Wildman–Crippen LogP) is 2.20. The summed E-state index contributed by atoms with van der Waals surface area (Å²) in [4.78, 5) is 21.6. The van der Waals surface area contributed by atoms with Gasteiger partial charge in [0.1, 0.15) is 12.2 Å². The van der Waals surface area contributed by atoms with Crippen LogP contribution in [0.15, 0.2) is 43.0 Å². The van der Waals surface area contributed by atoms with Crippen LogP contribution in [0, 0.1) is 10.1 Å². The highest BCUT2D eigenvalue weighted by molar-refractivity contribution is 5.72. The molecule has 0 aromatic heterocycles. The van der Waals surface area contributed by atoms with E-state index in [1.165, 1.54) is 6.08 Å². The minimum Gasteiger partial charge on any atom is -0.426 e. The van der Waals surface area contributed by atoms with Crippen LogP contribution in [0.3, 0.4) is 0 Å². The van der Waals surface area contributed by atoms with Crippen molar-refractivity contribution >= 4 is 5.97 Å². The van der Waals surface area contributed by atoms with E-state index in [0.717, 1.165) is 0 Å². The maximum absolute atomic E-state index is 11.4. The van der Waals surface area contributed by atoms with Crippen LogP contribution >= 0.6 is 0 Å². The average Bonchev–Trinajstić information content (AvgIpc) is 2.29. The standard InChI is InChI=1S/C12H13NO4/c1-2-6-10(13(15)16)9-12(14)17-11-7-4-3-5-8-11/h2-5,7-8,10H,1,6,9H2.